The summed E-state index contributed by atoms with van der Waals surface area (Å²) in [7, 11) is 0. The van der Waals surface area contributed by atoms with Crippen LogP contribution in [-0.2, 0) is 17.9 Å². The number of nitrogens with one attached hydrogen (secondary N) is 2. The molecule has 0 saturated carbocycles. The Bertz CT molecular complexity index is 743. The number of nitrogens with zero attached hydrogens (tertiary/aromatic N) is 2. The van der Waals surface area contributed by atoms with E-state index >= 15 is 0 Å². The molecule has 0 spiro atoms. The summed E-state index contributed by atoms with van der Waals surface area (Å²) in [6, 6.07) is 10.4. The Morgan fingerprint density at radius 2 is 2.24 bits per heavy atom. The summed E-state index contributed by atoms with van der Waals surface area (Å²) >= 11 is 0. The molecule has 108 valence electrons. The Labute approximate surface area is 123 Å². The topological polar surface area (TPSA) is 62.7 Å². The SMILES string of the molecule is Cc1cc2ccccc2n1CCC(=O)NCc1ncc[nH]1. The van der Waals surface area contributed by atoms with Gasteiger partial charge in [-0.05, 0) is 24.4 Å². The summed E-state index contributed by atoms with van der Waals surface area (Å²) in [5.74, 6) is 0.800. The number of imidazole rings is 1. The van der Waals surface area contributed by atoms with Crippen LogP contribution in [-0.4, -0.2) is 20.4 Å². The van der Waals surface area contributed by atoms with E-state index in [9.17, 15) is 4.79 Å². The predicted molar refractivity (Wildman–Crippen MR) is 81.7 cm³/mol. The van der Waals surface area contributed by atoms with E-state index in [4.69, 9.17) is 0 Å². The molecule has 2 heterocycles. The molecule has 0 atom stereocenters. The van der Waals surface area contributed by atoms with Gasteiger partial charge in [-0.15, -0.1) is 0 Å². The largest absolute Gasteiger partial charge is 0.349 e. The first kappa shape index (κ1) is 13.4. The molecule has 3 rings (SSSR count). The highest BCUT2D eigenvalue weighted by atomic mass is 16.1. The first-order chi connectivity index (χ1) is 10.2. The van der Waals surface area contributed by atoms with Crippen LogP contribution in [0, 0.1) is 6.92 Å². The molecule has 0 saturated heterocycles. The van der Waals surface area contributed by atoms with Crippen molar-refractivity contribution in [2.24, 2.45) is 0 Å². The predicted octanol–water partition coefficient (Wildman–Crippen LogP) is 2.38. The van der Waals surface area contributed by atoms with Crippen LogP contribution in [0.1, 0.15) is 17.9 Å². The molecule has 5 heteroatoms. The second-order valence-corrected chi connectivity index (χ2v) is 5.06. The molecule has 0 unspecified atom stereocenters. The van der Waals surface area contributed by atoms with E-state index in [-0.39, 0.29) is 5.91 Å². The number of rotatable bonds is 5. The van der Waals surface area contributed by atoms with Crippen LogP contribution in [0.15, 0.2) is 42.7 Å². The Morgan fingerprint density at radius 3 is 3.05 bits per heavy atom. The highest BCUT2D eigenvalue weighted by Gasteiger charge is 2.07. The van der Waals surface area contributed by atoms with Crippen molar-refractivity contribution in [2.45, 2.75) is 26.4 Å². The van der Waals surface area contributed by atoms with Crippen molar-refractivity contribution in [2.75, 3.05) is 0 Å². The van der Waals surface area contributed by atoms with Gasteiger partial charge in [0.2, 0.25) is 5.91 Å². The van der Waals surface area contributed by atoms with Crippen LogP contribution < -0.4 is 5.32 Å². The number of para-hydroxylation sites is 1. The number of hydrogen-bond acceptors (Lipinski definition) is 2. The highest BCUT2D eigenvalue weighted by Crippen LogP contribution is 2.19. The summed E-state index contributed by atoms with van der Waals surface area (Å²) in [5.41, 5.74) is 2.35. The molecule has 1 aromatic carbocycles. The van der Waals surface area contributed by atoms with E-state index in [0.29, 0.717) is 19.5 Å². The van der Waals surface area contributed by atoms with Crippen LogP contribution in [0.4, 0.5) is 0 Å². The van der Waals surface area contributed by atoms with Crippen LogP contribution >= 0.6 is 0 Å². The van der Waals surface area contributed by atoms with Gasteiger partial charge in [0.1, 0.15) is 5.82 Å². The zero-order valence-electron chi connectivity index (χ0n) is 12.0. The minimum atomic E-state index is 0.0311. The third kappa shape index (κ3) is 2.97. The second-order valence-electron chi connectivity index (χ2n) is 5.06. The van der Waals surface area contributed by atoms with E-state index < -0.39 is 0 Å². The molecule has 0 bridgehead atoms. The third-order valence-corrected chi connectivity index (χ3v) is 3.59. The molecule has 0 aliphatic heterocycles. The van der Waals surface area contributed by atoms with Gasteiger partial charge < -0.3 is 14.9 Å². The first-order valence-corrected chi connectivity index (χ1v) is 7.04. The Balaban J connectivity index is 1.61. The number of carbonyl (C=O) groups excluding carboxylic acids is 1. The van der Waals surface area contributed by atoms with Crippen molar-refractivity contribution in [3.05, 3.63) is 54.2 Å². The molecule has 0 aliphatic carbocycles. The van der Waals surface area contributed by atoms with Crippen LogP contribution in [0.25, 0.3) is 10.9 Å². The van der Waals surface area contributed by atoms with E-state index in [2.05, 4.69) is 45.0 Å². The molecular weight excluding hydrogens is 264 g/mol. The smallest absolute Gasteiger partial charge is 0.222 e. The average Bonchev–Trinajstić information content (AvgIpc) is 3.10. The molecule has 0 aliphatic rings. The highest BCUT2D eigenvalue weighted by molar-refractivity contribution is 5.81. The number of benzene rings is 1. The quantitative estimate of drug-likeness (QED) is 0.754. The summed E-state index contributed by atoms with van der Waals surface area (Å²) in [5, 5.41) is 4.08. The maximum atomic E-state index is 11.9. The van der Waals surface area contributed by atoms with Crippen LogP contribution in [0.2, 0.25) is 0 Å². The first-order valence-electron chi connectivity index (χ1n) is 7.04. The summed E-state index contributed by atoms with van der Waals surface area (Å²) in [6.07, 6.45) is 3.88. The third-order valence-electron chi connectivity index (χ3n) is 3.59. The van der Waals surface area contributed by atoms with E-state index in [1.807, 2.05) is 12.1 Å². The molecule has 21 heavy (non-hydrogen) atoms. The number of carbonyl (C=O) groups is 1. The minimum absolute atomic E-state index is 0.0311. The average molecular weight is 282 g/mol. The standard InChI is InChI=1S/C16H18N4O/c1-12-10-13-4-2-3-5-14(13)20(12)9-6-16(21)19-11-15-17-7-8-18-15/h2-5,7-8,10H,6,9,11H2,1H3,(H,17,18)(H,19,21). The molecular formula is C16H18N4O. The number of aryl methyl sites for hydroxylation is 2. The number of hydrogen-bond donors (Lipinski definition) is 2. The van der Waals surface area contributed by atoms with Gasteiger partial charge in [-0.1, -0.05) is 18.2 Å². The van der Waals surface area contributed by atoms with E-state index in [0.717, 1.165) is 5.82 Å². The normalized spacial score (nSPS) is 10.9. The zero-order chi connectivity index (χ0) is 14.7. The number of aromatic nitrogens is 3. The maximum Gasteiger partial charge on any atom is 0.222 e. The Morgan fingerprint density at radius 1 is 1.38 bits per heavy atom. The van der Waals surface area contributed by atoms with Crippen molar-refractivity contribution >= 4 is 16.8 Å². The Hall–Kier alpha value is -2.56. The van der Waals surface area contributed by atoms with Crippen LogP contribution in [0.5, 0.6) is 0 Å². The fourth-order valence-corrected chi connectivity index (χ4v) is 2.52. The van der Waals surface area contributed by atoms with Gasteiger partial charge in [-0.2, -0.15) is 0 Å². The monoisotopic (exact) mass is 282 g/mol. The maximum absolute atomic E-state index is 11.9. The molecule has 3 aromatic rings. The number of fused-ring (bicyclic) bond motifs is 1. The second kappa shape index (κ2) is 5.83. The molecule has 5 nitrogen and oxygen atoms in total. The van der Waals surface area contributed by atoms with Gasteiger partial charge in [-0.25, -0.2) is 4.98 Å². The molecule has 0 fully saturated rings. The van der Waals surface area contributed by atoms with E-state index in [1.165, 1.54) is 16.6 Å². The molecule has 0 radical (unpaired) electrons. The number of amides is 1. The van der Waals surface area contributed by atoms with Gasteiger partial charge in [0.05, 0.1) is 6.54 Å². The molecule has 2 aromatic heterocycles. The van der Waals surface area contributed by atoms with Gasteiger partial charge in [0, 0.05) is 36.6 Å². The van der Waals surface area contributed by atoms with Crippen molar-refractivity contribution in [3.8, 4) is 0 Å². The van der Waals surface area contributed by atoms with Gasteiger partial charge >= 0.3 is 0 Å². The zero-order valence-corrected chi connectivity index (χ0v) is 12.0. The lowest BCUT2D eigenvalue weighted by Gasteiger charge is -2.08. The minimum Gasteiger partial charge on any atom is -0.349 e. The van der Waals surface area contributed by atoms with Crippen LogP contribution in [0.3, 0.4) is 0 Å². The summed E-state index contributed by atoms with van der Waals surface area (Å²) in [4.78, 5) is 19.0. The van der Waals surface area contributed by atoms with Crippen molar-refractivity contribution in [3.63, 3.8) is 0 Å². The van der Waals surface area contributed by atoms with E-state index in [1.54, 1.807) is 12.4 Å². The van der Waals surface area contributed by atoms with Crippen molar-refractivity contribution < 1.29 is 4.79 Å². The number of H-pyrrole nitrogens is 1. The fraction of sp³-hybridized carbons (Fsp3) is 0.250. The molecule has 1 amide bonds. The van der Waals surface area contributed by atoms with Gasteiger partial charge in [0.15, 0.2) is 0 Å². The lowest BCUT2D eigenvalue weighted by Crippen LogP contribution is -2.24. The lowest BCUT2D eigenvalue weighted by molar-refractivity contribution is -0.121. The molecule has 2 N–H and O–H groups in total. The number of aromatic amines is 1. The Kier molecular flexibility index (Phi) is 3.73. The fourth-order valence-electron chi connectivity index (χ4n) is 2.52. The van der Waals surface area contributed by atoms with Gasteiger partial charge in [-0.3, -0.25) is 4.79 Å². The van der Waals surface area contributed by atoms with Gasteiger partial charge in [0.25, 0.3) is 0 Å². The summed E-state index contributed by atoms with van der Waals surface area (Å²) in [6.45, 7) is 3.20. The lowest BCUT2D eigenvalue weighted by atomic mass is 10.2. The summed E-state index contributed by atoms with van der Waals surface area (Å²) < 4.78 is 2.18. The van der Waals surface area contributed by atoms with Crippen molar-refractivity contribution in [1.82, 2.24) is 19.9 Å². The van der Waals surface area contributed by atoms with Crippen molar-refractivity contribution in [1.29, 1.82) is 0 Å².